The molecule has 2 aliphatic heterocycles. The molecule has 0 radical (unpaired) electrons. The van der Waals surface area contributed by atoms with Gasteiger partial charge < -0.3 is 19.3 Å². The summed E-state index contributed by atoms with van der Waals surface area (Å²) < 4.78 is 12.7. The van der Waals surface area contributed by atoms with Gasteiger partial charge in [0.1, 0.15) is 17.1 Å². The number of esters is 1. The summed E-state index contributed by atoms with van der Waals surface area (Å²) in [7, 11) is 2.15. The minimum Gasteiger partial charge on any atom is -0.487 e. The van der Waals surface area contributed by atoms with Gasteiger partial charge in [-0.25, -0.2) is 0 Å². The van der Waals surface area contributed by atoms with Crippen molar-refractivity contribution in [2.45, 2.75) is 111 Å². The third-order valence-electron chi connectivity index (χ3n) is 8.71. The maximum Gasteiger partial charge on any atom is 0.312 e. The highest BCUT2D eigenvalue weighted by atomic mass is 16.5. The van der Waals surface area contributed by atoms with E-state index in [1.54, 1.807) is 0 Å². The number of ether oxygens (including phenoxy) is 2. The van der Waals surface area contributed by atoms with Gasteiger partial charge in [-0.2, -0.15) is 0 Å². The lowest BCUT2D eigenvalue weighted by Gasteiger charge is -2.38. The van der Waals surface area contributed by atoms with Crippen molar-refractivity contribution < 1.29 is 14.3 Å². The van der Waals surface area contributed by atoms with E-state index < -0.39 is 0 Å². The molecule has 0 N–H and O–H groups in total. The third kappa shape index (κ3) is 7.71. The molecule has 0 aliphatic carbocycles. The molecule has 5 nitrogen and oxygen atoms in total. The van der Waals surface area contributed by atoms with Crippen LogP contribution in [0.5, 0.6) is 11.5 Å². The molecule has 2 aliphatic rings. The number of hydrogen-bond donors (Lipinski definition) is 0. The second-order valence-corrected chi connectivity index (χ2v) is 11.9. The predicted octanol–water partition coefficient (Wildman–Crippen LogP) is 6.63. The molecule has 0 saturated carbocycles. The summed E-state index contributed by atoms with van der Waals surface area (Å²) >= 11 is 0. The van der Waals surface area contributed by atoms with Crippen molar-refractivity contribution in [3.63, 3.8) is 0 Å². The minimum absolute atomic E-state index is 0.111. The van der Waals surface area contributed by atoms with Crippen molar-refractivity contribution in [2.75, 3.05) is 39.8 Å². The molecule has 1 fully saturated rings. The van der Waals surface area contributed by atoms with Gasteiger partial charge in [-0.3, -0.25) is 4.79 Å². The van der Waals surface area contributed by atoms with Crippen LogP contribution in [0.4, 0.5) is 0 Å². The number of piperazine rings is 1. The predicted molar refractivity (Wildman–Crippen MR) is 149 cm³/mol. The van der Waals surface area contributed by atoms with Gasteiger partial charge in [0.2, 0.25) is 0 Å². The zero-order valence-corrected chi connectivity index (χ0v) is 24.3. The SMILES string of the molecule is CCCCCC(C)CCCC1(C)CCc2c(C)c(OC(=O)CCN3CCN(C)CC3)c(C)c(C)c2O1. The molecule has 0 spiro atoms. The van der Waals surface area contributed by atoms with Crippen molar-refractivity contribution in [2.24, 2.45) is 5.92 Å². The third-order valence-corrected chi connectivity index (χ3v) is 8.71. The number of rotatable bonds is 12. The molecular formula is C31H52N2O3. The highest BCUT2D eigenvalue weighted by molar-refractivity contribution is 5.74. The van der Waals surface area contributed by atoms with Gasteiger partial charge in [-0.15, -0.1) is 0 Å². The molecule has 0 aromatic heterocycles. The van der Waals surface area contributed by atoms with Gasteiger partial charge in [0, 0.05) is 38.3 Å². The number of nitrogens with zero attached hydrogens (tertiary/aromatic N) is 2. The summed E-state index contributed by atoms with van der Waals surface area (Å²) in [6, 6.07) is 0. The fourth-order valence-electron chi connectivity index (χ4n) is 5.81. The molecule has 1 aromatic rings. The van der Waals surface area contributed by atoms with Gasteiger partial charge >= 0.3 is 5.97 Å². The molecule has 3 rings (SSSR count). The van der Waals surface area contributed by atoms with Gasteiger partial charge in [0.05, 0.1) is 6.42 Å². The Morgan fingerprint density at radius 3 is 2.42 bits per heavy atom. The second kappa shape index (κ2) is 13.3. The van der Waals surface area contributed by atoms with Crippen LogP contribution in [0.3, 0.4) is 0 Å². The van der Waals surface area contributed by atoms with Crippen LogP contribution in [0, 0.1) is 26.7 Å². The highest BCUT2D eigenvalue weighted by Gasteiger charge is 2.34. The van der Waals surface area contributed by atoms with Crippen LogP contribution in [0.15, 0.2) is 0 Å². The molecule has 0 bridgehead atoms. The summed E-state index contributed by atoms with van der Waals surface area (Å²) in [6.07, 6.45) is 11.4. The van der Waals surface area contributed by atoms with Gasteiger partial charge in [-0.05, 0) is 83.0 Å². The number of unbranched alkanes of at least 4 members (excludes halogenated alkanes) is 2. The molecular weight excluding hydrogens is 448 g/mol. The van der Waals surface area contributed by atoms with Crippen LogP contribution in [0.1, 0.15) is 101 Å². The van der Waals surface area contributed by atoms with E-state index in [-0.39, 0.29) is 11.6 Å². The Labute approximate surface area is 220 Å². The molecule has 5 heteroatoms. The van der Waals surface area contributed by atoms with Crippen molar-refractivity contribution in [3.05, 3.63) is 22.3 Å². The van der Waals surface area contributed by atoms with Gasteiger partial charge in [0.15, 0.2) is 0 Å². The fraction of sp³-hybridized carbons (Fsp3) is 0.774. The Morgan fingerprint density at radius 2 is 1.72 bits per heavy atom. The molecule has 36 heavy (non-hydrogen) atoms. The molecule has 2 heterocycles. The van der Waals surface area contributed by atoms with E-state index in [2.05, 4.69) is 58.4 Å². The fourth-order valence-corrected chi connectivity index (χ4v) is 5.81. The minimum atomic E-state index is -0.130. The van der Waals surface area contributed by atoms with E-state index >= 15 is 0 Å². The van der Waals surface area contributed by atoms with Crippen LogP contribution in [0.25, 0.3) is 0 Å². The largest absolute Gasteiger partial charge is 0.487 e. The highest BCUT2D eigenvalue weighted by Crippen LogP contribution is 2.45. The number of benzene rings is 1. The maximum atomic E-state index is 12.8. The van der Waals surface area contributed by atoms with Crippen LogP contribution in [0.2, 0.25) is 0 Å². The zero-order valence-electron chi connectivity index (χ0n) is 24.3. The maximum absolute atomic E-state index is 12.8. The first-order valence-corrected chi connectivity index (χ1v) is 14.6. The molecule has 1 saturated heterocycles. The number of likely N-dealkylation sites (N-methyl/N-ethyl adjacent to an activating group) is 1. The quantitative estimate of drug-likeness (QED) is 0.183. The van der Waals surface area contributed by atoms with Gasteiger partial charge in [-0.1, -0.05) is 46.0 Å². The first-order valence-electron chi connectivity index (χ1n) is 14.6. The summed E-state index contributed by atoms with van der Waals surface area (Å²) in [4.78, 5) is 17.5. The Kier molecular flexibility index (Phi) is 10.7. The number of hydrogen-bond acceptors (Lipinski definition) is 5. The first kappa shape index (κ1) is 29.0. The second-order valence-electron chi connectivity index (χ2n) is 11.9. The van der Waals surface area contributed by atoms with Crippen molar-refractivity contribution in [1.82, 2.24) is 9.80 Å². The normalized spacial score (nSPS) is 21.6. The van der Waals surface area contributed by atoms with Crippen LogP contribution >= 0.6 is 0 Å². The van der Waals surface area contributed by atoms with Crippen LogP contribution < -0.4 is 9.47 Å². The van der Waals surface area contributed by atoms with E-state index in [9.17, 15) is 4.79 Å². The summed E-state index contributed by atoms with van der Waals surface area (Å²) in [5, 5.41) is 0. The first-order chi connectivity index (χ1) is 17.1. The summed E-state index contributed by atoms with van der Waals surface area (Å²) in [5.41, 5.74) is 4.35. The lowest BCUT2D eigenvalue weighted by Crippen LogP contribution is -2.45. The van der Waals surface area contributed by atoms with Crippen LogP contribution in [-0.4, -0.2) is 61.1 Å². The molecule has 2 atom stereocenters. The Bertz CT molecular complexity index is 875. The van der Waals surface area contributed by atoms with E-state index in [1.807, 2.05) is 0 Å². The average Bonchev–Trinajstić information content (AvgIpc) is 2.85. The molecule has 204 valence electrons. The van der Waals surface area contributed by atoms with Crippen LogP contribution in [-0.2, 0) is 11.2 Å². The number of carbonyl (C=O) groups is 1. The van der Waals surface area contributed by atoms with E-state index in [1.165, 1.54) is 44.1 Å². The Morgan fingerprint density at radius 1 is 1.03 bits per heavy atom. The Hall–Kier alpha value is -1.59. The van der Waals surface area contributed by atoms with Crippen molar-refractivity contribution >= 4 is 5.97 Å². The van der Waals surface area contributed by atoms with Crippen molar-refractivity contribution in [3.8, 4) is 11.5 Å². The van der Waals surface area contributed by atoms with Crippen molar-refractivity contribution in [1.29, 1.82) is 0 Å². The topological polar surface area (TPSA) is 42.0 Å². The summed E-state index contributed by atoms with van der Waals surface area (Å²) in [6.45, 7) is 18.2. The molecule has 2 unspecified atom stereocenters. The molecule has 0 amide bonds. The van der Waals surface area contributed by atoms with Gasteiger partial charge in [0.25, 0.3) is 0 Å². The number of carbonyl (C=O) groups excluding carboxylic acids is 1. The lowest BCUT2D eigenvalue weighted by atomic mass is 9.84. The number of fused-ring (bicyclic) bond motifs is 1. The standard InChI is InChI=1S/C31H52N2O3/c1-8-9-10-12-23(2)13-11-16-31(6)17-14-27-26(5)29(24(3)25(4)30(27)36-31)35-28(34)15-18-33-21-19-32(7)20-22-33/h23H,8-22H2,1-7H3. The smallest absolute Gasteiger partial charge is 0.312 e. The molecule has 1 aromatic carbocycles. The average molecular weight is 501 g/mol. The zero-order chi connectivity index (χ0) is 26.3. The van der Waals surface area contributed by atoms with E-state index in [0.717, 1.165) is 86.1 Å². The monoisotopic (exact) mass is 500 g/mol. The lowest BCUT2D eigenvalue weighted by molar-refractivity contribution is -0.134. The van der Waals surface area contributed by atoms with E-state index in [4.69, 9.17) is 9.47 Å². The summed E-state index contributed by atoms with van der Waals surface area (Å²) in [5.74, 6) is 2.46. The van der Waals surface area contributed by atoms with E-state index in [0.29, 0.717) is 6.42 Å². The Balaban J connectivity index is 1.58.